The maximum atomic E-state index is 13.2. The van der Waals surface area contributed by atoms with Crippen molar-refractivity contribution in [3.63, 3.8) is 0 Å². The summed E-state index contributed by atoms with van der Waals surface area (Å²) >= 11 is 3.07. The van der Waals surface area contributed by atoms with Gasteiger partial charge in [0.05, 0.1) is 22.5 Å². The summed E-state index contributed by atoms with van der Waals surface area (Å²) in [7, 11) is 1.25. The molecule has 1 N–H and O–H groups in total. The molecule has 0 saturated carbocycles. The molecule has 0 amide bonds. The van der Waals surface area contributed by atoms with E-state index in [2.05, 4.69) is 30.9 Å². The SMILES string of the molecule is COC(=O)c1n[nH]c2ccc(F)c(Br)c12. The van der Waals surface area contributed by atoms with Crippen molar-refractivity contribution in [3.8, 4) is 0 Å². The number of fused-ring (bicyclic) bond motifs is 1. The Bertz CT molecular complexity index is 538. The molecule has 0 radical (unpaired) electrons. The number of hydrogen-bond donors (Lipinski definition) is 1. The van der Waals surface area contributed by atoms with Crippen LogP contribution in [0.4, 0.5) is 4.39 Å². The van der Waals surface area contributed by atoms with E-state index in [0.29, 0.717) is 10.9 Å². The molecule has 0 aliphatic rings. The maximum Gasteiger partial charge on any atom is 0.359 e. The molecule has 0 saturated heterocycles. The second kappa shape index (κ2) is 3.62. The number of aromatic nitrogens is 2. The molecule has 2 aromatic rings. The summed E-state index contributed by atoms with van der Waals surface area (Å²) in [5, 5.41) is 6.79. The van der Waals surface area contributed by atoms with E-state index >= 15 is 0 Å². The maximum absolute atomic E-state index is 13.2. The van der Waals surface area contributed by atoms with Crippen LogP contribution in [0, 0.1) is 5.82 Å². The monoisotopic (exact) mass is 272 g/mol. The molecule has 0 atom stereocenters. The molecule has 0 bridgehead atoms. The predicted octanol–water partition coefficient (Wildman–Crippen LogP) is 2.25. The number of methoxy groups -OCH3 is 1. The molecule has 0 aliphatic heterocycles. The molecule has 78 valence electrons. The van der Waals surface area contributed by atoms with Gasteiger partial charge in [-0.1, -0.05) is 0 Å². The van der Waals surface area contributed by atoms with Gasteiger partial charge in [-0.3, -0.25) is 5.10 Å². The fourth-order valence-electron chi connectivity index (χ4n) is 1.29. The number of benzene rings is 1. The van der Waals surface area contributed by atoms with Gasteiger partial charge in [0.15, 0.2) is 5.69 Å². The summed E-state index contributed by atoms with van der Waals surface area (Å²) in [5.74, 6) is -1.05. The lowest BCUT2D eigenvalue weighted by molar-refractivity contribution is 0.0596. The molecular formula is C9H6BrFN2O2. The van der Waals surface area contributed by atoms with Crippen LogP contribution in [-0.4, -0.2) is 23.3 Å². The summed E-state index contributed by atoms with van der Waals surface area (Å²) in [6.07, 6.45) is 0. The molecule has 6 heteroatoms. The van der Waals surface area contributed by atoms with Gasteiger partial charge in [0.2, 0.25) is 0 Å². The second-order valence-electron chi connectivity index (χ2n) is 2.85. The number of ether oxygens (including phenoxy) is 1. The first-order chi connectivity index (χ1) is 7.15. The van der Waals surface area contributed by atoms with Crippen LogP contribution in [0.2, 0.25) is 0 Å². The lowest BCUT2D eigenvalue weighted by Crippen LogP contribution is -2.02. The van der Waals surface area contributed by atoms with E-state index in [1.54, 1.807) is 0 Å². The first-order valence-electron chi connectivity index (χ1n) is 4.05. The highest BCUT2D eigenvalue weighted by Gasteiger charge is 2.18. The van der Waals surface area contributed by atoms with Crippen molar-refractivity contribution >= 4 is 32.8 Å². The molecule has 2 rings (SSSR count). The second-order valence-corrected chi connectivity index (χ2v) is 3.64. The minimum Gasteiger partial charge on any atom is -0.464 e. The summed E-state index contributed by atoms with van der Waals surface area (Å²) in [5.41, 5.74) is 0.641. The van der Waals surface area contributed by atoms with Crippen LogP contribution in [0.25, 0.3) is 10.9 Å². The van der Waals surface area contributed by atoms with E-state index in [9.17, 15) is 9.18 Å². The highest BCUT2D eigenvalue weighted by atomic mass is 79.9. The van der Waals surface area contributed by atoms with Gasteiger partial charge < -0.3 is 4.74 Å². The number of carbonyl (C=O) groups is 1. The standard InChI is InChI=1S/C9H6BrFN2O2/c1-15-9(14)8-6-5(12-13-8)3-2-4(11)7(6)10/h2-3H,1H3,(H,12,13). The lowest BCUT2D eigenvalue weighted by Gasteiger charge is -1.98. The number of hydrogen-bond acceptors (Lipinski definition) is 3. The Morgan fingerprint density at radius 3 is 3.00 bits per heavy atom. The Labute approximate surface area is 92.5 Å². The smallest absolute Gasteiger partial charge is 0.359 e. The first-order valence-corrected chi connectivity index (χ1v) is 4.85. The van der Waals surface area contributed by atoms with E-state index < -0.39 is 11.8 Å². The van der Waals surface area contributed by atoms with Gasteiger partial charge in [0.25, 0.3) is 0 Å². The zero-order chi connectivity index (χ0) is 11.0. The van der Waals surface area contributed by atoms with Crippen molar-refractivity contribution < 1.29 is 13.9 Å². The molecule has 0 unspecified atom stereocenters. The number of H-pyrrole nitrogens is 1. The van der Waals surface area contributed by atoms with E-state index in [0.717, 1.165) is 0 Å². The van der Waals surface area contributed by atoms with Crippen molar-refractivity contribution in [1.29, 1.82) is 0 Å². The fourth-order valence-corrected chi connectivity index (χ4v) is 1.83. The van der Waals surface area contributed by atoms with Crippen LogP contribution in [0.3, 0.4) is 0 Å². The third-order valence-electron chi connectivity index (χ3n) is 2.00. The number of rotatable bonds is 1. The molecule has 4 nitrogen and oxygen atoms in total. The minimum absolute atomic E-state index is 0.0684. The quantitative estimate of drug-likeness (QED) is 0.811. The topological polar surface area (TPSA) is 55.0 Å². The fraction of sp³-hybridized carbons (Fsp3) is 0.111. The van der Waals surface area contributed by atoms with E-state index in [1.165, 1.54) is 19.2 Å². The third-order valence-corrected chi connectivity index (χ3v) is 2.77. The summed E-state index contributed by atoms with van der Waals surface area (Å²) in [6, 6.07) is 2.79. The van der Waals surface area contributed by atoms with Gasteiger partial charge >= 0.3 is 5.97 Å². The number of nitrogens with one attached hydrogen (secondary N) is 1. The third kappa shape index (κ3) is 1.50. The highest BCUT2D eigenvalue weighted by Crippen LogP contribution is 2.28. The molecule has 1 aromatic carbocycles. The Morgan fingerprint density at radius 2 is 2.33 bits per heavy atom. The summed E-state index contributed by atoms with van der Waals surface area (Å²) in [4.78, 5) is 11.3. The Balaban J connectivity index is 2.77. The Morgan fingerprint density at radius 1 is 1.60 bits per heavy atom. The summed E-state index contributed by atoms with van der Waals surface area (Å²) in [6.45, 7) is 0. The number of halogens is 2. The van der Waals surface area contributed by atoms with Crippen molar-refractivity contribution in [2.24, 2.45) is 0 Å². The van der Waals surface area contributed by atoms with E-state index in [1.807, 2.05) is 0 Å². The van der Waals surface area contributed by atoms with Crippen LogP contribution >= 0.6 is 15.9 Å². The van der Waals surface area contributed by atoms with Gasteiger partial charge in [0, 0.05) is 0 Å². The molecule has 0 aliphatic carbocycles. The highest BCUT2D eigenvalue weighted by molar-refractivity contribution is 9.10. The average molecular weight is 273 g/mol. The van der Waals surface area contributed by atoms with E-state index in [-0.39, 0.29) is 10.2 Å². The van der Waals surface area contributed by atoms with Crippen molar-refractivity contribution in [1.82, 2.24) is 10.2 Å². The molecule has 1 aromatic heterocycles. The largest absolute Gasteiger partial charge is 0.464 e. The normalized spacial score (nSPS) is 10.6. The number of esters is 1. The van der Waals surface area contributed by atoms with Crippen molar-refractivity contribution in [3.05, 3.63) is 28.1 Å². The predicted molar refractivity (Wildman–Crippen MR) is 55.1 cm³/mol. The van der Waals surface area contributed by atoms with Crippen molar-refractivity contribution in [2.75, 3.05) is 7.11 Å². The van der Waals surface area contributed by atoms with Crippen LogP contribution in [0.1, 0.15) is 10.5 Å². The van der Waals surface area contributed by atoms with Gasteiger partial charge in [-0.25, -0.2) is 9.18 Å². The number of carbonyl (C=O) groups excluding carboxylic acids is 1. The number of nitrogens with zero attached hydrogens (tertiary/aromatic N) is 1. The van der Waals surface area contributed by atoms with Crippen LogP contribution in [0.15, 0.2) is 16.6 Å². The Kier molecular flexibility index (Phi) is 2.44. The molecular weight excluding hydrogens is 267 g/mol. The van der Waals surface area contributed by atoms with Crippen molar-refractivity contribution in [2.45, 2.75) is 0 Å². The van der Waals surface area contributed by atoms with Gasteiger partial charge in [-0.05, 0) is 28.1 Å². The molecule has 0 fully saturated rings. The van der Waals surface area contributed by atoms with Gasteiger partial charge in [0.1, 0.15) is 5.82 Å². The minimum atomic E-state index is -0.604. The van der Waals surface area contributed by atoms with Gasteiger partial charge in [-0.2, -0.15) is 5.10 Å². The first kappa shape index (κ1) is 10.1. The van der Waals surface area contributed by atoms with E-state index in [4.69, 9.17) is 0 Å². The molecule has 15 heavy (non-hydrogen) atoms. The van der Waals surface area contributed by atoms with Crippen LogP contribution in [-0.2, 0) is 4.74 Å². The zero-order valence-electron chi connectivity index (χ0n) is 7.67. The zero-order valence-corrected chi connectivity index (χ0v) is 9.26. The number of aromatic amines is 1. The van der Waals surface area contributed by atoms with Crippen LogP contribution in [0.5, 0.6) is 0 Å². The summed E-state index contributed by atoms with van der Waals surface area (Å²) < 4.78 is 18.0. The molecule has 1 heterocycles. The lowest BCUT2D eigenvalue weighted by atomic mass is 10.2. The molecule has 0 spiro atoms. The van der Waals surface area contributed by atoms with Crippen LogP contribution < -0.4 is 0 Å². The van der Waals surface area contributed by atoms with Gasteiger partial charge in [-0.15, -0.1) is 0 Å². The average Bonchev–Trinajstić information content (AvgIpc) is 2.67. The Hall–Kier alpha value is -1.43.